The zero-order valence-electron chi connectivity index (χ0n) is 15.2. The van der Waals surface area contributed by atoms with Crippen LogP contribution in [0.5, 0.6) is 0 Å². The first-order valence-corrected chi connectivity index (χ1v) is 9.01. The minimum atomic E-state index is -0.385. The predicted molar refractivity (Wildman–Crippen MR) is 111 cm³/mol. The Morgan fingerprint density at radius 2 is 1.57 bits per heavy atom. The zero-order chi connectivity index (χ0) is 19.1. The largest absolute Gasteiger partial charge is 0.465 e. The van der Waals surface area contributed by atoms with Crippen LogP contribution >= 0.6 is 0 Å². The van der Waals surface area contributed by atoms with E-state index in [9.17, 15) is 4.79 Å². The molecule has 0 saturated carbocycles. The van der Waals surface area contributed by atoms with Crippen molar-refractivity contribution in [2.45, 2.75) is 0 Å². The maximum atomic E-state index is 12.5. The number of hydrogen-bond donors (Lipinski definition) is 0. The van der Waals surface area contributed by atoms with Crippen molar-refractivity contribution >= 4 is 38.7 Å². The molecule has 134 valence electrons. The van der Waals surface area contributed by atoms with Crippen molar-refractivity contribution in [2.75, 3.05) is 7.11 Å². The van der Waals surface area contributed by atoms with E-state index in [2.05, 4.69) is 6.07 Å². The number of methoxy groups -OCH3 is 1. The highest BCUT2D eigenvalue weighted by atomic mass is 16.5. The van der Waals surface area contributed by atoms with Crippen molar-refractivity contribution in [3.8, 4) is 11.3 Å². The number of benzene rings is 3. The predicted octanol–water partition coefficient (Wildman–Crippen LogP) is 5.39. The molecule has 0 spiro atoms. The van der Waals surface area contributed by atoms with E-state index in [-0.39, 0.29) is 5.97 Å². The molecule has 0 atom stereocenters. The summed E-state index contributed by atoms with van der Waals surface area (Å²) >= 11 is 0. The number of esters is 1. The van der Waals surface area contributed by atoms with Crippen LogP contribution in [0.4, 0.5) is 0 Å². The second-order valence-corrected chi connectivity index (χ2v) is 6.63. The van der Waals surface area contributed by atoms with E-state index in [0.717, 1.165) is 38.4 Å². The lowest BCUT2D eigenvalue weighted by Gasteiger charge is -2.11. The Morgan fingerprint density at radius 1 is 0.786 bits per heavy atom. The number of carbonyl (C=O) groups is 1. The van der Waals surface area contributed by atoms with Gasteiger partial charge < -0.3 is 4.74 Å². The summed E-state index contributed by atoms with van der Waals surface area (Å²) in [5.74, 6) is -0.385. The Labute approximate surface area is 161 Å². The average Bonchev–Trinajstić information content (AvgIpc) is 2.77. The number of fused-ring (bicyclic) bond motifs is 4. The molecule has 3 aromatic carbocycles. The summed E-state index contributed by atoms with van der Waals surface area (Å²) in [6.07, 6.45) is 0. The molecule has 2 aromatic heterocycles. The average molecular weight is 364 g/mol. The van der Waals surface area contributed by atoms with Gasteiger partial charge in [-0.25, -0.2) is 14.8 Å². The SMILES string of the molecule is COC(=O)c1cc(-c2ccccc2)nc2c1ccc1cc3ccccc3nc12. The van der Waals surface area contributed by atoms with Crippen LogP contribution in [0.2, 0.25) is 0 Å². The quantitative estimate of drug-likeness (QED) is 0.239. The summed E-state index contributed by atoms with van der Waals surface area (Å²) in [5, 5.41) is 2.79. The van der Waals surface area contributed by atoms with Gasteiger partial charge in [0.1, 0.15) is 0 Å². The highest BCUT2D eigenvalue weighted by Gasteiger charge is 2.17. The number of carbonyl (C=O) groups excluding carboxylic acids is 1. The Kier molecular flexibility index (Phi) is 3.76. The first kappa shape index (κ1) is 16.4. The van der Waals surface area contributed by atoms with Crippen molar-refractivity contribution in [3.05, 3.63) is 84.4 Å². The molecule has 0 radical (unpaired) electrons. The van der Waals surface area contributed by atoms with Gasteiger partial charge in [-0.2, -0.15) is 0 Å². The summed E-state index contributed by atoms with van der Waals surface area (Å²) in [5.41, 5.74) is 4.52. The highest BCUT2D eigenvalue weighted by molar-refractivity contribution is 6.13. The van der Waals surface area contributed by atoms with Crippen LogP contribution in [-0.2, 0) is 4.74 Å². The van der Waals surface area contributed by atoms with Crippen LogP contribution in [0.1, 0.15) is 10.4 Å². The van der Waals surface area contributed by atoms with E-state index in [1.54, 1.807) is 6.07 Å². The van der Waals surface area contributed by atoms with Gasteiger partial charge in [0.05, 0.1) is 34.9 Å². The van der Waals surface area contributed by atoms with Gasteiger partial charge in [0.25, 0.3) is 0 Å². The maximum absolute atomic E-state index is 12.5. The lowest BCUT2D eigenvalue weighted by Crippen LogP contribution is -2.04. The minimum absolute atomic E-state index is 0.385. The van der Waals surface area contributed by atoms with Gasteiger partial charge in [0, 0.05) is 21.7 Å². The summed E-state index contributed by atoms with van der Waals surface area (Å²) < 4.78 is 5.03. The standard InChI is InChI=1S/C24H16N2O2/c1-28-24(27)19-14-21(15-7-3-2-4-8-15)26-23-18(19)12-11-17-13-16-9-5-6-10-20(16)25-22(17)23/h2-14H,1H3. The summed E-state index contributed by atoms with van der Waals surface area (Å²) in [7, 11) is 1.39. The van der Waals surface area contributed by atoms with Gasteiger partial charge in [-0.15, -0.1) is 0 Å². The van der Waals surface area contributed by atoms with Crippen molar-refractivity contribution < 1.29 is 9.53 Å². The van der Waals surface area contributed by atoms with Crippen LogP contribution in [0.25, 0.3) is 44.0 Å². The Bertz CT molecular complexity index is 1360. The molecule has 0 bridgehead atoms. The molecule has 5 rings (SSSR count). The van der Waals surface area contributed by atoms with Gasteiger partial charge >= 0.3 is 5.97 Å². The molecule has 28 heavy (non-hydrogen) atoms. The third-order valence-electron chi connectivity index (χ3n) is 4.94. The molecule has 0 unspecified atom stereocenters. The smallest absolute Gasteiger partial charge is 0.338 e. The molecule has 0 amide bonds. The van der Waals surface area contributed by atoms with Crippen molar-refractivity contribution in [3.63, 3.8) is 0 Å². The fraction of sp³-hybridized carbons (Fsp3) is 0.0417. The van der Waals surface area contributed by atoms with Gasteiger partial charge in [0.2, 0.25) is 0 Å². The van der Waals surface area contributed by atoms with Crippen molar-refractivity contribution in [1.82, 2.24) is 9.97 Å². The van der Waals surface area contributed by atoms with E-state index >= 15 is 0 Å². The number of rotatable bonds is 2. The summed E-state index contributed by atoms with van der Waals surface area (Å²) in [6, 6.07) is 25.6. The number of aromatic nitrogens is 2. The summed E-state index contributed by atoms with van der Waals surface area (Å²) in [6.45, 7) is 0. The monoisotopic (exact) mass is 364 g/mol. The second-order valence-electron chi connectivity index (χ2n) is 6.63. The molecule has 0 saturated heterocycles. The van der Waals surface area contributed by atoms with Gasteiger partial charge in [-0.1, -0.05) is 60.7 Å². The Balaban J connectivity index is 1.92. The maximum Gasteiger partial charge on any atom is 0.338 e. The minimum Gasteiger partial charge on any atom is -0.465 e. The molecule has 0 aliphatic carbocycles. The van der Waals surface area contributed by atoms with E-state index < -0.39 is 0 Å². The van der Waals surface area contributed by atoms with Crippen LogP contribution in [0.15, 0.2) is 78.9 Å². The van der Waals surface area contributed by atoms with Crippen LogP contribution in [-0.4, -0.2) is 23.0 Å². The highest BCUT2D eigenvalue weighted by Crippen LogP contribution is 2.31. The number of para-hydroxylation sites is 1. The first-order valence-electron chi connectivity index (χ1n) is 9.01. The molecule has 0 fully saturated rings. The fourth-order valence-corrected chi connectivity index (χ4v) is 3.56. The zero-order valence-corrected chi connectivity index (χ0v) is 15.2. The van der Waals surface area contributed by atoms with Gasteiger partial charge in [-0.05, 0) is 18.2 Å². The molecule has 5 aromatic rings. The normalized spacial score (nSPS) is 11.2. The molecule has 0 aliphatic rings. The molecular formula is C24H16N2O2. The molecular weight excluding hydrogens is 348 g/mol. The van der Waals surface area contributed by atoms with E-state index in [1.165, 1.54) is 7.11 Å². The number of hydrogen-bond acceptors (Lipinski definition) is 4. The van der Waals surface area contributed by atoms with Crippen LogP contribution < -0.4 is 0 Å². The number of nitrogens with zero attached hydrogens (tertiary/aromatic N) is 2. The molecule has 4 heteroatoms. The lowest BCUT2D eigenvalue weighted by atomic mass is 10.0. The van der Waals surface area contributed by atoms with E-state index in [1.807, 2.05) is 66.7 Å². The molecule has 4 nitrogen and oxygen atoms in total. The molecule has 0 N–H and O–H groups in total. The Hall–Kier alpha value is -3.79. The van der Waals surface area contributed by atoms with Crippen molar-refractivity contribution in [2.24, 2.45) is 0 Å². The fourth-order valence-electron chi connectivity index (χ4n) is 3.56. The van der Waals surface area contributed by atoms with E-state index in [4.69, 9.17) is 14.7 Å². The topological polar surface area (TPSA) is 52.1 Å². The molecule has 2 heterocycles. The second kappa shape index (κ2) is 6.43. The lowest BCUT2D eigenvalue weighted by molar-refractivity contribution is 0.0603. The number of pyridine rings is 2. The van der Waals surface area contributed by atoms with E-state index in [0.29, 0.717) is 11.1 Å². The van der Waals surface area contributed by atoms with Gasteiger partial charge in [0.15, 0.2) is 0 Å². The first-order chi connectivity index (χ1) is 13.7. The van der Waals surface area contributed by atoms with Gasteiger partial charge in [-0.3, -0.25) is 0 Å². The van der Waals surface area contributed by atoms with Crippen LogP contribution in [0, 0.1) is 0 Å². The van der Waals surface area contributed by atoms with Crippen molar-refractivity contribution in [1.29, 1.82) is 0 Å². The Morgan fingerprint density at radius 3 is 2.39 bits per heavy atom. The molecule has 0 aliphatic heterocycles. The number of ether oxygens (including phenoxy) is 1. The third kappa shape index (κ3) is 2.58. The summed E-state index contributed by atoms with van der Waals surface area (Å²) in [4.78, 5) is 22.2. The van der Waals surface area contributed by atoms with Crippen LogP contribution in [0.3, 0.4) is 0 Å². The third-order valence-corrected chi connectivity index (χ3v) is 4.94.